The van der Waals surface area contributed by atoms with E-state index in [-0.39, 0.29) is 17.4 Å². The Morgan fingerprint density at radius 1 is 0.763 bits per heavy atom. The van der Waals surface area contributed by atoms with Crippen LogP contribution >= 0.6 is 0 Å². The average Bonchev–Trinajstić information content (AvgIpc) is 3.34. The molecule has 1 saturated heterocycles. The Kier molecular flexibility index (Phi) is 5.69. The molecule has 2 aliphatic rings. The summed E-state index contributed by atoms with van der Waals surface area (Å²) >= 11 is 0. The SMILES string of the molecule is Cc1ccc(C2=Nc3ccccc3N3C2OC(c2ccc([N+](=O)[O-])cc2)C3c2ccc([N+](=O)[O-])cc2)cc1. The summed E-state index contributed by atoms with van der Waals surface area (Å²) in [5, 5.41) is 22.6. The summed E-state index contributed by atoms with van der Waals surface area (Å²) in [6, 6.07) is 28.3. The lowest BCUT2D eigenvalue weighted by Gasteiger charge is -2.35. The molecule has 3 unspecified atom stereocenters. The van der Waals surface area contributed by atoms with Crippen molar-refractivity contribution in [1.29, 1.82) is 0 Å². The second kappa shape index (κ2) is 9.20. The molecule has 9 heteroatoms. The number of nitro groups is 2. The van der Waals surface area contributed by atoms with Gasteiger partial charge in [-0.1, -0.05) is 54.1 Å². The molecular weight excluding hydrogens is 484 g/mol. The van der Waals surface area contributed by atoms with Crippen molar-refractivity contribution in [3.63, 3.8) is 0 Å². The zero-order valence-electron chi connectivity index (χ0n) is 20.3. The van der Waals surface area contributed by atoms with Gasteiger partial charge in [-0.15, -0.1) is 0 Å². The highest BCUT2D eigenvalue weighted by Crippen LogP contribution is 2.52. The highest BCUT2D eigenvalue weighted by Gasteiger charge is 2.48. The zero-order chi connectivity index (χ0) is 26.4. The largest absolute Gasteiger partial charge is 0.342 e. The van der Waals surface area contributed by atoms with Crippen LogP contribution in [-0.4, -0.2) is 21.8 Å². The normalized spacial score (nSPS) is 19.9. The first kappa shape index (κ1) is 23.5. The van der Waals surface area contributed by atoms with Gasteiger partial charge in [0.25, 0.3) is 11.4 Å². The van der Waals surface area contributed by atoms with Crippen molar-refractivity contribution in [2.24, 2.45) is 4.99 Å². The summed E-state index contributed by atoms with van der Waals surface area (Å²) in [5.74, 6) is 0. The van der Waals surface area contributed by atoms with Crippen molar-refractivity contribution >= 4 is 28.5 Å². The van der Waals surface area contributed by atoms with Gasteiger partial charge in [-0.3, -0.25) is 20.2 Å². The summed E-state index contributed by atoms with van der Waals surface area (Å²) in [4.78, 5) is 28.9. The van der Waals surface area contributed by atoms with Crippen LogP contribution in [0, 0.1) is 27.2 Å². The minimum absolute atomic E-state index is 0.00273. The molecule has 0 spiro atoms. The molecule has 1 fully saturated rings. The van der Waals surface area contributed by atoms with Crippen LogP contribution in [0.3, 0.4) is 0 Å². The van der Waals surface area contributed by atoms with Crippen LogP contribution in [0.1, 0.15) is 34.4 Å². The van der Waals surface area contributed by atoms with Gasteiger partial charge in [-0.25, -0.2) is 4.99 Å². The smallest absolute Gasteiger partial charge is 0.269 e. The number of fused-ring (bicyclic) bond motifs is 3. The molecule has 188 valence electrons. The number of nitro benzene ring substituents is 2. The number of benzene rings is 4. The number of hydrogen-bond acceptors (Lipinski definition) is 7. The molecule has 4 aromatic rings. The maximum atomic E-state index is 11.3. The quantitative estimate of drug-likeness (QED) is 0.223. The van der Waals surface area contributed by atoms with Crippen LogP contribution in [0.5, 0.6) is 0 Å². The van der Waals surface area contributed by atoms with E-state index in [1.54, 1.807) is 24.3 Å². The lowest BCUT2D eigenvalue weighted by atomic mass is 9.93. The number of aryl methyl sites for hydroxylation is 1. The maximum absolute atomic E-state index is 11.3. The molecule has 3 atom stereocenters. The Morgan fingerprint density at radius 2 is 1.34 bits per heavy atom. The minimum Gasteiger partial charge on any atom is -0.342 e. The van der Waals surface area contributed by atoms with Crippen molar-refractivity contribution in [2.45, 2.75) is 25.3 Å². The number of nitrogens with zero attached hydrogens (tertiary/aromatic N) is 4. The van der Waals surface area contributed by atoms with Gasteiger partial charge in [0.1, 0.15) is 6.10 Å². The van der Waals surface area contributed by atoms with Gasteiger partial charge >= 0.3 is 0 Å². The van der Waals surface area contributed by atoms with Gasteiger partial charge in [0.15, 0.2) is 6.23 Å². The minimum atomic E-state index is -0.548. The fourth-order valence-electron chi connectivity index (χ4n) is 5.11. The molecule has 4 aromatic carbocycles. The Labute approximate surface area is 217 Å². The monoisotopic (exact) mass is 506 g/mol. The molecule has 0 N–H and O–H groups in total. The summed E-state index contributed by atoms with van der Waals surface area (Å²) in [7, 11) is 0. The predicted molar refractivity (Wildman–Crippen MR) is 143 cm³/mol. The Hall–Kier alpha value is -4.89. The summed E-state index contributed by atoms with van der Waals surface area (Å²) in [5.41, 5.74) is 6.03. The Morgan fingerprint density at radius 3 is 1.95 bits per heavy atom. The molecule has 0 aromatic heterocycles. The number of anilines is 1. The molecule has 38 heavy (non-hydrogen) atoms. The third-order valence-electron chi connectivity index (χ3n) is 6.97. The van der Waals surface area contributed by atoms with E-state index < -0.39 is 22.2 Å². The van der Waals surface area contributed by atoms with Gasteiger partial charge in [-0.2, -0.15) is 0 Å². The van der Waals surface area contributed by atoms with E-state index in [1.165, 1.54) is 24.3 Å². The van der Waals surface area contributed by atoms with Crippen LogP contribution in [0.15, 0.2) is 102 Å². The van der Waals surface area contributed by atoms with E-state index >= 15 is 0 Å². The van der Waals surface area contributed by atoms with Crippen LogP contribution in [0.2, 0.25) is 0 Å². The lowest BCUT2D eigenvalue weighted by molar-refractivity contribution is -0.385. The molecule has 0 amide bonds. The number of rotatable bonds is 5. The van der Waals surface area contributed by atoms with Crippen LogP contribution in [0.4, 0.5) is 22.7 Å². The lowest BCUT2D eigenvalue weighted by Crippen LogP contribution is -2.41. The molecular formula is C29H22N4O5. The standard InChI is InChI=1S/C29H22N4O5/c1-18-6-8-19(9-7-18)26-29-31(25-5-3-2-4-24(25)30-26)27(20-10-14-22(15-11-20)32(34)35)28(38-29)21-12-16-23(17-13-21)33(36)37/h2-17,27-29H,1H3. The number of hydrogen-bond donors (Lipinski definition) is 0. The number of aliphatic imine (C=N–C) groups is 1. The maximum Gasteiger partial charge on any atom is 0.269 e. The van der Waals surface area contributed by atoms with Gasteiger partial charge < -0.3 is 9.64 Å². The first-order chi connectivity index (χ1) is 18.4. The van der Waals surface area contributed by atoms with E-state index in [9.17, 15) is 20.2 Å². The van der Waals surface area contributed by atoms with E-state index in [4.69, 9.17) is 9.73 Å². The molecule has 9 nitrogen and oxygen atoms in total. The third kappa shape index (κ3) is 3.99. The summed E-state index contributed by atoms with van der Waals surface area (Å²) < 4.78 is 6.74. The van der Waals surface area contributed by atoms with Crippen LogP contribution in [0.25, 0.3) is 0 Å². The second-order valence-corrected chi connectivity index (χ2v) is 9.31. The highest BCUT2D eigenvalue weighted by molar-refractivity contribution is 6.09. The van der Waals surface area contributed by atoms with Crippen LogP contribution < -0.4 is 4.90 Å². The van der Waals surface area contributed by atoms with E-state index in [2.05, 4.69) is 4.90 Å². The Balaban J connectivity index is 1.52. The topological polar surface area (TPSA) is 111 Å². The first-order valence-electron chi connectivity index (χ1n) is 12.1. The zero-order valence-corrected chi connectivity index (χ0v) is 20.3. The summed E-state index contributed by atoms with van der Waals surface area (Å²) in [6.45, 7) is 2.02. The molecule has 2 aliphatic heterocycles. The average molecular weight is 507 g/mol. The van der Waals surface area contributed by atoms with Gasteiger partial charge in [-0.05, 0) is 42.3 Å². The van der Waals surface area contributed by atoms with Gasteiger partial charge in [0.2, 0.25) is 0 Å². The highest BCUT2D eigenvalue weighted by atomic mass is 16.6. The predicted octanol–water partition coefficient (Wildman–Crippen LogP) is 6.59. The molecule has 2 heterocycles. The van der Waals surface area contributed by atoms with E-state index in [0.29, 0.717) is 0 Å². The van der Waals surface area contributed by atoms with Crippen LogP contribution in [-0.2, 0) is 4.74 Å². The fraction of sp³-hybridized carbons (Fsp3) is 0.138. The van der Waals surface area contributed by atoms with E-state index in [1.807, 2.05) is 55.5 Å². The molecule has 6 rings (SSSR count). The molecule has 0 radical (unpaired) electrons. The van der Waals surface area contributed by atoms with Gasteiger partial charge in [0.05, 0.1) is 33.0 Å². The molecule has 0 bridgehead atoms. The number of ether oxygens (including phenoxy) is 1. The van der Waals surface area contributed by atoms with Crippen molar-refractivity contribution in [1.82, 2.24) is 0 Å². The number of non-ortho nitro benzene ring substituents is 2. The Bertz CT molecular complexity index is 1570. The summed E-state index contributed by atoms with van der Waals surface area (Å²) in [6.07, 6.45) is -1.07. The molecule has 0 aliphatic carbocycles. The first-order valence-corrected chi connectivity index (χ1v) is 12.1. The second-order valence-electron chi connectivity index (χ2n) is 9.31. The third-order valence-corrected chi connectivity index (χ3v) is 6.97. The number of para-hydroxylation sites is 2. The van der Waals surface area contributed by atoms with Crippen molar-refractivity contribution < 1.29 is 14.6 Å². The van der Waals surface area contributed by atoms with Crippen molar-refractivity contribution in [3.05, 3.63) is 140 Å². The van der Waals surface area contributed by atoms with Gasteiger partial charge in [0, 0.05) is 29.8 Å². The van der Waals surface area contributed by atoms with Crippen molar-refractivity contribution in [3.8, 4) is 0 Å². The van der Waals surface area contributed by atoms with E-state index in [0.717, 1.165) is 39.3 Å². The fourth-order valence-corrected chi connectivity index (χ4v) is 5.11. The van der Waals surface area contributed by atoms with Crippen molar-refractivity contribution in [2.75, 3.05) is 4.90 Å². The molecule has 0 saturated carbocycles.